The number of rotatable bonds is 0. The Bertz CT molecular complexity index is 142. The zero-order valence-electron chi connectivity index (χ0n) is 6.25. The van der Waals surface area contributed by atoms with Gasteiger partial charge in [-0.15, -0.1) is 0 Å². The fraction of sp³-hybridized carbons (Fsp3) is 0.750. The molecule has 0 saturated heterocycles. The third-order valence-electron chi connectivity index (χ3n) is 2.28. The summed E-state index contributed by atoms with van der Waals surface area (Å²) in [6.45, 7) is 5.57. The minimum absolute atomic E-state index is 0.0405. The van der Waals surface area contributed by atoms with E-state index >= 15 is 0 Å². The summed E-state index contributed by atoms with van der Waals surface area (Å²) in [5.74, 6) is -0.0405. The lowest BCUT2D eigenvalue weighted by Crippen LogP contribution is -2.35. The minimum Gasteiger partial charge on any atom is -0.393 e. The lowest BCUT2D eigenvalue weighted by Gasteiger charge is -2.31. The second-order valence-electron chi connectivity index (χ2n) is 3.07. The molecule has 0 aromatic rings. The predicted molar refractivity (Wildman–Crippen MR) is 39.6 cm³/mol. The molecule has 2 N–H and O–H groups in total. The van der Waals surface area contributed by atoms with E-state index in [-0.39, 0.29) is 12.0 Å². The first-order valence-electron chi connectivity index (χ1n) is 3.66. The van der Waals surface area contributed by atoms with Crippen LogP contribution in [0.4, 0.5) is 0 Å². The van der Waals surface area contributed by atoms with Crippen LogP contribution in [0.25, 0.3) is 0 Å². The molecule has 3 atom stereocenters. The first-order chi connectivity index (χ1) is 4.63. The van der Waals surface area contributed by atoms with E-state index in [1.54, 1.807) is 0 Å². The topological polar surface area (TPSA) is 40.5 Å². The molecular weight excluding hydrogens is 128 g/mol. The molecule has 2 nitrogen and oxygen atoms in total. The van der Waals surface area contributed by atoms with E-state index in [1.165, 1.54) is 0 Å². The minimum atomic E-state index is -0.497. The van der Waals surface area contributed by atoms with Crippen molar-refractivity contribution < 1.29 is 10.2 Å². The molecule has 0 aliphatic heterocycles. The molecule has 1 fully saturated rings. The van der Waals surface area contributed by atoms with E-state index in [2.05, 4.69) is 6.58 Å². The van der Waals surface area contributed by atoms with Crippen molar-refractivity contribution in [2.75, 3.05) is 0 Å². The van der Waals surface area contributed by atoms with Crippen LogP contribution in [0.15, 0.2) is 12.2 Å². The Labute approximate surface area is 61.2 Å². The molecule has 10 heavy (non-hydrogen) atoms. The van der Waals surface area contributed by atoms with E-state index in [0.29, 0.717) is 0 Å². The molecule has 58 valence electrons. The summed E-state index contributed by atoms with van der Waals surface area (Å²) in [4.78, 5) is 0. The Balaban J connectivity index is 2.60. The zero-order valence-corrected chi connectivity index (χ0v) is 6.25. The van der Waals surface area contributed by atoms with Crippen LogP contribution in [0.1, 0.15) is 19.8 Å². The quantitative estimate of drug-likeness (QED) is 0.489. The maximum atomic E-state index is 9.36. The number of hydrogen-bond acceptors (Lipinski definition) is 2. The van der Waals surface area contributed by atoms with Crippen molar-refractivity contribution in [1.29, 1.82) is 0 Å². The zero-order chi connectivity index (χ0) is 7.72. The summed E-state index contributed by atoms with van der Waals surface area (Å²) in [5, 5.41) is 18.6. The van der Waals surface area contributed by atoms with Gasteiger partial charge in [0.05, 0.1) is 12.2 Å². The summed E-state index contributed by atoms with van der Waals surface area (Å²) in [6, 6.07) is 0. The maximum Gasteiger partial charge on any atom is 0.0797 e. The van der Waals surface area contributed by atoms with Gasteiger partial charge in [0.15, 0.2) is 0 Å². The molecule has 1 aliphatic rings. The highest BCUT2D eigenvalue weighted by atomic mass is 16.3. The molecule has 0 aromatic carbocycles. The van der Waals surface area contributed by atoms with Crippen LogP contribution < -0.4 is 0 Å². The highest BCUT2D eigenvalue weighted by Gasteiger charge is 2.28. The van der Waals surface area contributed by atoms with E-state index in [9.17, 15) is 10.2 Å². The molecule has 1 rings (SSSR count). The SMILES string of the molecule is C=C1CCC(O)C(C)C1O. The van der Waals surface area contributed by atoms with Crippen molar-refractivity contribution in [2.45, 2.75) is 32.0 Å². The summed E-state index contributed by atoms with van der Waals surface area (Å²) in [6.07, 6.45) is 0.660. The Kier molecular flexibility index (Phi) is 2.11. The van der Waals surface area contributed by atoms with Gasteiger partial charge in [-0.05, 0) is 18.4 Å². The van der Waals surface area contributed by atoms with Crippen LogP contribution in [0.2, 0.25) is 0 Å². The molecular formula is C8H14O2. The molecule has 0 radical (unpaired) electrons. The van der Waals surface area contributed by atoms with Crippen molar-refractivity contribution in [3.8, 4) is 0 Å². The van der Waals surface area contributed by atoms with Crippen LogP contribution in [-0.2, 0) is 0 Å². The fourth-order valence-electron chi connectivity index (χ4n) is 1.33. The van der Waals surface area contributed by atoms with Gasteiger partial charge in [0.1, 0.15) is 0 Å². The number of aliphatic hydroxyl groups is 2. The fourth-order valence-corrected chi connectivity index (χ4v) is 1.33. The van der Waals surface area contributed by atoms with Gasteiger partial charge in [-0.1, -0.05) is 13.5 Å². The summed E-state index contributed by atoms with van der Waals surface area (Å²) in [7, 11) is 0. The van der Waals surface area contributed by atoms with Gasteiger partial charge in [0.2, 0.25) is 0 Å². The van der Waals surface area contributed by atoms with Crippen molar-refractivity contribution >= 4 is 0 Å². The largest absolute Gasteiger partial charge is 0.393 e. The predicted octanol–water partition coefficient (Wildman–Crippen LogP) is 0.694. The summed E-state index contributed by atoms with van der Waals surface area (Å²) < 4.78 is 0. The van der Waals surface area contributed by atoms with Gasteiger partial charge in [-0.3, -0.25) is 0 Å². The number of hydrogen-bond donors (Lipinski definition) is 2. The highest BCUT2D eigenvalue weighted by Crippen LogP contribution is 2.27. The van der Waals surface area contributed by atoms with Crippen molar-refractivity contribution in [3.05, 3.63) is 12.2 Å². The smallest absolute Gasteiger partial charge is 0.0797 e. The monoisotopic (exact) mass is 142 g/mol. The van der Waals surface area contributed by atoms with Gasteiger partial charge in [-0.2, -0.15) is 0 Å². The van der Waals surface area contributed by atoms with Crippen molar-refractivity contribution in [2.24, 2.45) is 5.92 Å². The maximum absolute atomic E-state index is 9.36. The molecule has 1 saturated carbocycles. The molecule has 1 aliphatic carbocycles. The van der Waals surface area contributed by atoms with Crippen LogP contribution in [0, 0.1) is 5.92 Å². The van der Waals surface area contributed by atoms with Gasteiger partial charge in [-0.25, -0.2) is 0 Å². The van der Waals surface area contributed by atoms with Crippen LogP contribution >= 0.6 is 0 Å². The van der Waals surface area contributed by atoms with Gasteiger partial charge in [0, 0.05) is 5.92 Å². The van der Waals surface area contributed by atoms with E-state index in [4.69, 9.17) is 0 Å². The number of aliphatic hydroxyl groups excluding tert-OH is 2. The van der Waals surface area contributed by atoms with Gasteiger partial charge >= 0.3 is 0 Å². The second kappa shape index (κ2) is 2.72. The third-order valence-corrected chi connectivity index (χ3v) is 2.28. The van der Waals surface area contributed by atoms with E-state index in [1.807, 2.05) is 6.92 Å². The first-order valence-corrected chi connectivity index (χ1v) is 3.66. The molecule has 0 heterocycles. The third kappa shape index (κ3) is 1.22. The van der Waals surface area contributed by atoms with Crippen LogP contribution in [0.5, 0.6) is 0 Å². The average Bonchev–Trinajstić information content (AvgIpc) is 1.93. The molecule has 0 aromatic heterocycles. The average molecular weight is 142 g/mol. The van der Waals surface area contributed by atoms with E-state index in [0.717, 1.165) is 18.4 Å². The molecule has 3 unspecified atom stereocenters. The lowest BCUT2D eigenvalue weighted by molar-refractivity contribution is 0.0150. The van der Waals surface area contributed by atoms with Crippen molar-refractivity contribution in [1.82, 2.24) is 0 Å². The first kappa shape index (κ1) is 7.76. The summed E-state index contributed by atoms with van der Waals surface area (Å²) >= 11 is 0. The normalized spacial score (nSPS) is 41.9. The second-order valence-corrected chi connectivity index (χ2v) is 3.07. The Hall–Kier alpha value is -0.340. The van der Waals surface area contributed by atoms with Crippen LogP contribution in [0.3, 0.4) is 0 Å². The molecule has 0 spiro atoms. The Morgan fingerprint density at radius 3 is 2.60 bits per heavy atom. The molecule has 2 heteroatoms. The van der Waals surface area contributed by atoms with Crippen molar-refractivity contribution in [3.63, 3.8) is 0 Å². The van der Waals surface area contributed by atoms with E-state index < -0.39 is 6.10 Å². The lowest BCUT2D eigenvalue weighted by atomic mass is 9.83. The highest BCUT2D eigenvalue weighted by molar-refractivity contribution is 5.08. The standard InChI is InChI=1S/C8H14O2/c1-5-3-4-7(9)6(2)8(5)10/h6-10H,1,3-4H2,2H3. The molecule has 0 bridgehead atoms. The van der Waals surface area contributed by atoms with Gasteiger partial charge < -0.3 is 10.2 Å². The Morgan fingerprint density at radius 1 is 1.50 bits per heavy atom. The molecule has 0 amide bonds. The summed E-state index contributed by atoms with van der Waals surface area (Å²) in [5.41, 5.74) is 0.859. The Morgan fingerprint density at radius 2 is 2.10 bits per heavy atom. The van der Waals surface area contributed by atoms with Crippen LogP contribution in [-0.4, -0.2) is 22.4 Å². The van der Waals surface area contributed by atoms with Gasteiger partial charge in [0.25, 0.3) is 0 Å².